The maximum Gasteiger partial charge on any atom is 0.416 e. The van der Waals surface area contributed by atoms with E-state index >= 15 is 0 Å². The summed E-state index contributed by atoms with van der Waals surface area (Å²) in [6, 6.07) is 4.28. The van der Waals surface area contributed by atoms with Gasteiger partial charge in [-0.1, -0.05) is 12.5 Å². The van der Waals surface area contributed by atoms with Crippen molar-refractivity contribution in [3.05, 3.63) is 35.4 Å². The molecule has 0 saturated heterocycles. The predicted octanol–water partition coefficient (Wildman–Crippen LogP) is 3.17. The van der Waals surface area contributed by atoms with Gasteiger partial charge in [-0.2, -0.15) is 13.2 Å². The standard InChI is InChI=1S/C15H18F3NO3/c1-22-13(20)8-3-2-4-9-19-14(21)11-6-5-7-12(10-11)15(16,17)18/h5-7,10H,2-4,8-9H2,1H3,(H,19,21). The molecule has 0 radical (unpaired) electrons. The van der Waals surface area contributed by atoms with Crippen LogP contribution in [0.5, 0.6) is 0 Å². The molecule has 0 spiro atoms. The molecular formula is C15H18F3NO3. The molecule has 0 saturated carbocycles. The van der Waals surface area contributed by atoms with Crippen molar-refractivity contribution in [3.63, 3.8) is 0 Å². The fourth-order valence-electron chi connectivity index (χ4n) is 1.81. The first kappa shape index (κ1) is 18.0. The lowest BCUT2D eigenvalue weighted by molar-refractivity contribution is -0.140. The van der Waals surface area contributed by atoms with Crippen LogP contribution < -0.4 is 5.32 Å². The van der Waals surface area contributed by atoms with Crippen molar-refractivity contribution in [1.82, 2.24) is 5.32 Å². The van der Waals surface area contributed by atoms with Crippen LogP contribution in [0, 0.1) is 0 Å². The highest BCUT2D eigenvalue weighted by Gasteiger charge is 2.30. The van der Waals surface area contributed by atoms with Gasteiger partial charge in [-0.15, -0.1) is 0 Å². The number of hydrogen-bond acceptors (Lipinski definition) is 3. The first-order valence-electron chi connectivity index (χ1n) is 6.87. The van der Waals surface area contributed by atoms with Gasteiger partial charge >= 0.3 is 12.1 Å². The maximum atomic E-state index is 12.5. The van der Waals surface area contributed by atoms with E-state index in [9.17, 15) is 22.8 Å². The van der Waals surface area contributed by atoms with Gasteiger partial charge in [0.2, 0.25) is 0 Å². The average Bonchev–Trinajstić information content (AvgIpc) is 2.49. The van der Waals surface area contributed by atoms with Crippen molar-refractivity contribution < 1.29 is 27.5 Å². The zero-order valence-corrected chi connectivity index (χ0v) is 12.2. The third-order valence-corrected chi connectivity index (χ3v) is 3.02. The van der Waals surface area contributed by atoms with Gasteiger partial charge < -0.3 is 10.1 Å². The van der Waals surface area contributed by atoms with Crippen molar-refractivity contribution in [1.29, 1.82) is 0 Å². The van der Waals surface area contributed by atoms with Crippen LogP contribution in [-0.2, 0) is 15.7 Å². The van der Waals surface area contributed by atoms with E-state index in [1.807, 2.05) is 0 Å². The van der Waals surface area contributed by atoms with Gasteiger partial charge in [0.1, 0.15) is 0 Å². The fourth-order valence-corrected chi connectivity index (χ4v) is 1.81. The quantitative estimate of drug-likeness (QED) is 0.621. The number of hydrogen-bond donors (Lipinski definition) is 1. The largest absolute Gasteiger partial charge is 0.469 e. The summed E-state index contributed by atoms with van der Waals surface area (Å²) < 4.78 is 42.1. The molecular weight excluding hydrogens is 299 g/mol. The Kier molecular flexibility index (Phi) is 6.88. The molecule has 0 bridgehead atoms. The van der Waals surface area contributed by atoms with Crippen LogP contribution >= 0.6 is 0 Å². The number of carbonyl (C=O) groups is 2. The number of methoxy groups -OCH3 is 1. The fraction of sp³-hybridized carbons (Fsp3) is 0.467. The average molecular weight is 317 g/mol. The first-order valence-corrected chi connectivity index (χ1v) is 6.87. The van der Waals surface area contributed by atoms with E-state index in [1.54, 1.807) is 0 Å². The molecule has 0 aliphatic heterocycles. The summed E-state index contributed by atoms with van der Waals surface area (Å²) in [5, 5.41) is 2.56. The van der Waals surface area contributed by atoms with Crippen LogP contribution in [0.25, 0.3) is 0 Å². The van der Waals surface area contributed by atoms with E-state index in [2.05, 4.69) is 10.1 Å². The van der Waals surface area contributed by atoms with Crippen LogP contribution in [0.3, 0.4) is 0 Å². The Bertz CT molecular complexity index is 515. The Labute approximate surface area is 126 Å². The molecule has 0 aliphatic carbocycles. The summed E-state index contributed by atoms with van der Waals surface area (Å²) in [7, 11) is 1.32. The Morgan fingerprint density at radius 3 is 2.55 bits per heavy atom. The van der Waals surface area contributed by atoms with Gasteiger partial charge in [0, 0.05) is 18.5 Å². The molecule has 0 heterocycles. The lowest BCUT2D eigenvalue weighted by Crippen LogP contribution is -2.24. The molecule has 1 N–H and O–H groups in total. The Hall–Kier alpha value is -2.05. The van der Waals surface area contributed by atoms with E-state index in [4.69, 9.17) is 0 Å². The minimum absolute atomic E-state index is 0.0237. The summed E-state index contributed by atoms with van der Waals surface area (Å²) >= 11 is 0. The van der Waals surface area contributed by atoms with Gasteiger partial charge in [-0.05, 0) is 31.0 Å². The van der Waals surface area contributed by atoms with Crippen LogP contribution in [0.4, 0.5) is 13.2 Å². The number of alkyl halides is 3. The number of unbranched alkanes of at least 4 members (excludes halogenated alkanes) is 2. The normalized spacial score (nSPS) is 11.1. The van der Waals surface area contributed by atoms with Gasteiger partial charge in [0.05, 0.1) is 12.7 Å². The van der Waals surface area contributed by atoms with E-state index < -0.39 is 17.6 Å². The molecule has 0 atom stereocenters. The van der Waals surface area contributed by atoms with E-state index in [-0.39, 0.29) is 11.5 Å². The number of benzene rings is 1. The van der Waals surface area contributed by atoms with Gasteiger partial charge in [0.15, 0.2) is 0 Å². The second-order valence-corrected chi connectivity index (χ2v) is 4.72. The minimum atomic E-state index is -4.47. The minimum Gasteiger partial charge on any atom is -0.469 e. The smallest absolute Gasteiger partial charge is 0.416 e. The van der Waals surface area contributed by atoms with Crippen molar-refractivity contribution in [3.8, 4) is 0 Å². The monoisotopic (exact) mass is 317 g/mol. The summed E-state index contributed by atoms with van der Waals surface area (Å²) in [6.45, 7) is 0.344. The predicted molar refractivity (Wildman–Crippen MR) is 74.3 cm³/mol. The maximum absolute atomic E-state index is 12.5. The van der Waals surface area contributed by atoms with Gasteiger partial charge in [-0.25, -0.2) is 0 Å². The lowest BCUT2D eigenvalue weighted by Gasteiger charge is -2.09. The molecule has 1 aromatic carbocycles. The van der Waals surface area contributed by atoms with E-state index in [1.165, 1.54) is 19.2 Å². The van der Waals surface area contributed by atoms with Crippen LogP contribution in [0.1, 0.15) is 41.6 Å². The third kappa shape index (κ3) is 6.15. The molecule has 0 fully saturated rings. The first-order chi connectivity index (χ1) is 10.3. The second kappa shape index (κ2) is 8.41. The molecule has 122 valence electrons. The Morgan fingerprint density at radius 2 is 1.91 bits per heavy atom. The number of rotatable bonds is 7. The number of nitrogens with one attached hydrogen (secondary N) is 1. The molecule has 0 aliphatic rings. The Morgan fingerprint density at radius 1 is 1.18 bits per heavy atom. The number of esters is 1. The number of amides is 1. The van der Waals surface area contributed by atoms with E-state index in [0.29, 0.717) is 25.8 Å². The topological polar surface area (TPSA) is 55.4 Å². The second-order valence-electron chi connectivity index (χ2n) is 4.72. The summed E-state index contributed by atoms with van der Waals surface area (Å²) in [5.74, 6) is -0.827. The van der Waals surface area contributed by atoms with Gasteiger partial charge in [-0.3, -0.25) is 9.59 Å². The van der Waals surface area contributed by atoms with Gasteiger partial charge in [0.25, 0.3) is 5.91 Å². The molecule has 7 heteroatoms. The lowest BCUT2D eigenvalue weighted by atomic mass is 10.1. The summed E-state index contributed by atoms with van der Waals surface area (Å²) in [5.41, 5.74) is -0.873. The zero-order chi connectivity index (χ0) is 16.6. The molecule has 4 nitrogen and oxygen atoms in total. The summed E-state index contributed by atoms with van der Waals surface area (Å²) in [6.07, 6.45) is -2.14. The van der Waals surface area contributed by atoms with Crippen LogP contribution in [-0.4, -0.2) is 25.5 Å². The molecule has 0 unspecified atom stereocenters. The van der Waals surface area contributed by atoms with Crippen molar-refractivity contribution in [2.45, 2.75) is 31.9 Å². The number of ether oxygens (including phenoxy) is 1. The molecule has 0 aromatic heterocycles. The third-order valence-electron chi connectivity index (χ3n) is 3.02. The number of carbonyl (C=O) groups excluding carboxylic acids is 2. The highest BCUT2D eigenvalue weighted by Crippen LogP contribution is 2.29. The Balaban J connectivity index is 2.36. The van der Waals surface area contributed by atoms with E-state index in [0.717, 1.165) is 18.6 Å². The highest BCUT2D eigenvalue weighted by molar-refractivity contribution is 5.94. The molecule has 22 heavy (non-hydrogen) atoms. The molecule has 1 amide bonds. The SMILES string of the molecule is COC(=O)CCCCCNC(=O)c1cccc(C(F)(F)F)c1. The zero-order valence-electron chi connectivity index (χ0n) is 12.2. The highest BCUT2D eigenvalue weighted by atomic mass is 19.4. The van der Waals surface area contributed by atoms with Crippen LogP contribution in [0.15, 0.2) is 24.3 Å². The summed E-state index contributed by atoms with van der Waals surface area (Å²) in [4.78, 5) is 22.6. The van der Waals surface area contributed by atoms with Crippen molar-refractivity contribution >= 4 is 11.9 Å². The molecule has 1 aromatic rings. The van der Waals surface area contributed by atoms with Crippen molar-refractivity contribution in [2.75, 3.05) is 13.7 Å². The van der Waals surface area contributed by atoms with Crippen molar-refractivity contribution in [2.24, 2.45) is 0 Å². The number of halogens is 3. The molecule has 1 rings (SSSR count). The van der Waals surface area contributed by atoms with Crippen LogP contribution in [0.2, 0.25) is 0 Å².